The van der Waals surface area contributed by atoms with Gasteiger partial charge in [0.25, 0.3) is 0 Å². The minimum absolute atomic E-state index is 0.0595. The van der Waals surface area contributed by atoms with Crippen molar-refractivity contribution in [2.75, 3.05) is 28.6 Å². The molecule has 4 heterocycles. The van der Waals surface area contributed by atoms with Crippen LogP contribution in [0.2, 0.25) is 0 Å². The topological polar surface area (TPSA) is 138 Å². The molecular formula is C36H36N10. The molecule has 0 radical (unpaired) electrons. The van der Waals surface area contributed by atoms with Gasteiger partial charge in [-0.25, -0.2) is 15.0 Å². The Morgan fingerprint density at radius 1 is 0.891 bits per heavy atom. The van der Waals surface area contributed by atoms with Gasteiger partial charge >= 0.3 is 0 Å². The van der Waals surface area contributed by atoms with E-state index >= 15 is 0 Å². The lowest BCUT2D eigenvalue weighted by molar-refractivity contribution is 0.317. The molecule has 10 nitrogen and oxygen atoms in total. The molecule has 46 heavy (non-hydrogen) atoms. The fourth-order valence-corrected chi connectivity index (χ4v) is 5.92. The number of nitrogens with one attached hydrogen (secondary N) is 3. The van der Waals surface area contributed by atoms with Crippen LogP contribution in [0.4, 0.5) is 28.7 Å². The van der Waals surface area contributed by atoms with Crippen LogP contribution < -0.4 is 20.9 Å². The minimum atomic E-state index is 0.0595. The van der Waals surface area contributed by atoms with Crippen LogP contribution >= 0.6 is 0 Å². The van der Waals surface area contributed by atoms with E-state index in [1.807, 2.05) is 55.5 Å². The molecule has 0 atom stereocenters. The number of hydrogen-bond acceptors (Lipinski definition) is 10. The van der Waals surface area contributed by atoms with Crippen molar-refractivity contribution < 1.29 is 0 Å². The number of rotatable bonds is 7. The van der Waals surface area contributed by atoms with Crippen molar-refractivity contribution in [1.82, 2.24) is 25.3 Å². The summed E-state index contributed by atoms with van der Waals surface area (Å²) in [7, 11) is 0. The summed E-state index contributed by atoms with van der Waals surface area (Å²) < 4.78 is 0. The maximum Gasteiger partial charge on any atom is 0.163 e. The average Bonchev–Trinajstić information content (AvgIpc) is 3.05. The number of para-hydroxylation sites is 1. The molecular weight excluding hydrogens is 572 g/mol. The molecule has 1 aliphatic rings. The largest absolute Gasteiger partial charge is 0.370 e. The van der Waals surface area contributed by atoms with Crippen molar-refractivity contribution in [3.63, 3.8) is 0 Å². The van der Waals surface area contributed by atoms with Crippen LogP contribution in [0, 0.1) is 29.6 Å². The number of fused-ring (bicyclic) bond motifs is 1. The van der Waals surface area contributed by atoms with E-state index in [0.717, 1.165) is 65.0 Å². The minimum Gasteiger partial charge on any atom is -0.370 e. The Kier molecular flexibility index (Phi) is 8.47. The van der Waals surface area contributed by atoms with Crippen molar-refractivity contribution in [2.45, 2.75) is 52.1 Å². The fraction of sp³-hybridized carbons (Fsp3) is 0.278. The van der Waals surface area contributed by atoms with Gasteiger partial charge in [0.1, 0.15) is 23.3 Å². The van der Waals surface area contributed by atoms with E-state index in [4.69, 9.17) is 4.98 Å². The Morgan fingerprint density at radius 2 is 1.70 bits per heavy atom. The molecule has 0 unspecified atom stereocenters. The predicted octanol–water partition coefficient (Wildman–Crippen LogP) is 6.98. The van der Waals surface area contributed by atoms with E-state index in [1.165, 1.54) is 6.20 Å². The zero-order chi connectivity index (χ0) is 32.3. The summed E-state index contributed by atoms with van der Waals surface area (Å²) >= 11 is 0. The number of aryl methyl sites for hydroxylation is 1. The lowest BCUT2D eigenvalue weighted by atomic mass is 9.98. The van der Waals surface area contributed by atoms with Crippen molar-refractivity contribution in [2.24, 2.45) is 0 Å². The highest BCUT2D eigenvalue weighted by Crippen LogP contribution is 2.37. The first-order valence-electron chi connectivity index (χ1n) is 15.4. The van der Waals surface area contributed by atoms with E-state index in [0.29, 0.717) is 34.6 Å². The first-order chi connectivity index (χ1) is 22.2. The zero-order valence-corrected chi connectivity index (χ0v) is 26.5. The zero-order valence-electron chi connectivity index (χ0n) is 26.5. The maximum absolute atomic E-state index is 10.5. The Labute approximate surface area is 269 Å². The molecule has 230 valence electrons. The third-order valence-corrected chi connectivity index (χ3v) is 8.00. The van der Waals surface area contributed by atoms with Gasteiger partial charge in [-0.3, -0.25) is 4.98 Å². The lowest BCUT2D eigenvalue weighted by Gasteiger charge is -2.38. The quantitative estimate of drug-likeness (QED) is 0.177. The summed E-state index contributed by atoms with van der Waals surface area (Å²) in [5.41, 5.74) is 5.94. The van der Waals surface area contributed by atoms with Crippen molar-refractivity contribution in [3.8, 4) is 23.5 Å². The van der Waals surface area contributed by atoms with Crippen molar-refractivity contribution in [1.29, 1.82) is 10.5 Å². The summed E-state index contributed by atoms with van der Waals surface area (Å²) in [6.45, 7) is 10.3. The highest BCUT2D eigenvalue weighted by atomic mass is 15.2. The second kappa shape index (κ2) is 12.8. The van der Waals surface area contributed by atoms with E-state index in [-0.39, 0.29) is 5.54 Å². The number of aromatic nitrogens is 4. The summed E-state index contributed by atoms with van der Waals surface area (Å²) in [6.07, 6.45) is 6.88. The summed E-state index contributed by atoms with van der Waals surface area (Å²) in [5, 5.41) is 31.6. The second-order valence-corrected chi connectivity index (χ2v) is 12.6. The molecule has 10 heteroatoms. The van der Waals surface area contributed by atoms with E-state index < -0.39 is 0 Å². The molecule has 0 saturated carbocycles. The highest BCUT2D eigenvalue weighted by molar-refractivity contribution is 5.98. The highest BCUT2D eigenvalue weighted by Gasteiger charge is 2.27. The van der Waals surface area contributed by atoms with Gasteiger partial charge in [0.15, 0.2) is 17.5 Å². The number of pyridine rings is 2. The molecule has 5 aromatic rings. The summed E-state index contributed by atoms with van der Waals surface area (Å²) in [4.78, 5) is 20.3. The molecule has 3 aromatic heterocycles. The van der Waals surface area contributed by atoms with Crippen molar-refractivity contribution in [3.05, 3.63) is 89.9 Å². The van der Waals surface area contributed by atoms with Crippen LogP contribution in [0.5, 0.6) is 0 Å². The van der Waals surface area contributed by atoms with Gasteiger partial charge in [0.2, 0.25) is 0 Å². The van der Waals surface area contributed by atoms with Gasteiger partial charge in [-0.2, -0.15) is 10.5 Å². The van der Waals surface area contributed by atoms with Crippen LogP contribution in [-0.4, -0.2) is 44.6 Å². The average molecular weight is 609 g/mol. The second-order valence-electron chi connectivity index (χ2n) is 12.6. The Hall–Kier alpha value is -5.58. The van der Waals surface area contributed by atoms with Crippen LogP contribution in [0.1, 0.15) is 50.3 Å². The normalized spacial score (nSPS) is 13.7. The van der Waals surface area contributed by atoms with Crippen molar-refractivity contribution >= 4 is 39.6 Å². The van der Waals surface area contributed by atoms with Crippen LogP contribution in [0.3, 0.4) is 0 Å². The van der Waals surface area contributed by atoms with Gasteiger partial charge < -0.3 is 20.9 Å². The van der Waals surface area contributed by atoms with E-state index in [9.17, 15) is 10.5 Å². The number of hydrogen-bond donors (Lipinski definition) is 3. The van der Waals surface area contributed by atoms with Crippen LogP contribution in [0.25, 0.3) is 22.3 Å². The fourth-order valence-electron chi connectivity index (χ4n) is 5.92. The third-order valence-electron chi connectivity index (χ3n) is 8.00. The summed E-state index contributed by atoms with van der Waals surface area (Å²) in [6, 6.07) is 22.6. The molecule has 6 rings (SSSR count). The maximum atomic E-state index is 10.5. The predicted molar refractivity (Wildman–Crippen MR) is 182 cm³/mol. The monoisotopic (exact) mass is 608 g/mol. The molecule has 2 aromatic carbocycles. The summed E-state index contributed by atoms with van der Waals surface area (Å²) in [5.74, 6) is 1.41. The molecule has 3 N–H and O–H groups in total. The first kappa shape index (κ1) is 30.4. The van der Waals surface area contributed by atoms with Gasteiger partial charge in [-0.05, 0) is 82.5 Å². The van der Waals surface area contributed by atoms with Crippen LogP contribution in [-0.2, 0) is 0 Å². The SMILES string of the molecule is Cc1cc(Nc2nc3ccccc3c(N3CCC(NC(C)(C)C)CC3)c2C#N)ccc1Nc1nc(-c2cccnc2)ncc1C#N. The molecule has 1 saturated heterocycles. The number of nitriles is 2. The van der Waals surface area contributed by atoms with Gasteiger partial charge in [0.05, 0.1) is 17.4 Å². The van der Waals surface area contributed by atoms with E-state index in [2.05, 4.69) is 74.8 Å². The first-order valence-corrected chi connectivity index (χ1v) is 15.4. The standard InChI is InChI=1S/C36H36N10/c1-23-18-27(11-12-30(23)42-34-25(19-37)22-40-33(44-34)24-8-7-15-39-21-24)41-35-29(20-38)32(28-9-5-6-10-31(28)43-35)46-16-13-26(14-17-46)45-36(2,3)4/h5-12,15,18,21-22,26,45H,13-14,16-17H2,1-4H3,(H,41,43)(H,40,42,44). The number of nitrogens with zero attached hydrogens (tertiary/aromatic N) is 7. The molecule has 0 amide bonds. The van der Waals surface area contributed by atoms with Gasteiger partial charge in [-0.15, -0.1) is 0 Å². The Morgan fingerprint density at radius 3 is 2.39 bits per heavy atom. The Balaban J connectivity index is 1.28. The third kappa shape index (κ3) is 6.58. The molecule has 1 fully saturated rings. The van der Waals surface area contributed by atoms with E-state index in [1.54, 1.807) is 12.4 Å². The number of benzene rings is 2. The lowest BCUT2D eigenvalue weighted by Crippen LogP contribution is -2.49. The van der Waals surface area contributed by atoms with Gasteiger partial charge in [0, 0.05) is 59.4 Å². The smallest absolute Gasteiger partial charge is 0.163 e. The molecule has 0 bridgehead atoms. The van der Waals surface area contributed by atoms with Crippen LogP contribution in [0.15, 0.2) is 73.2 Å². The molecule has 1 aliphatic heterocycles. The van der Waals surface area contributed by atoms with Gasteiger partial charge in [-0.1, -0.05) is 18.2 Å². The molecule has 0 spiro atoms. The molecule has 0 aliphatic carbocycles. The Bertz CT molecular complexity index is 1960. The number of piperidine rings is 1. The number of anilines is 5.